The Hall–Kier alpha value is -4.38. The van der Waals surface area contributed by atoms with E-state index in [1.807, 2.05) is 24.3 Å². The van der Waals surface area contributed by atoms with Crippen molar-refractivity contribution < 1.29 is 23.9 Å². The van der Waals surface area contributed by atoms with E-state index in [2.05, 4.69) is 25.4 Å². The highest BCUT2D eigenvalue weighted by Crippen LogP contribution is 2.29. The first kappa shape index (κ1) is 19.6. The molecule has 0 aliphatic rings. The highest BCUT2D eigenvalue weighted by Gasteiger charge is 2.19. The summed E-state index contributed by atoms with van der Waals surface area (Å²) < 4.78 is 17.8. The molecule has 0 unspecified atom stereocenters. The molecule has 4 heterocycles. The van der Waals surface area contributed by atoms with Crippen LogP contribution in [-0.4, -0.2) is 48.1 Å². The lowest BCUT2D eigenvalue weighted by Crippen LogP contribution is -2.06. The van der Waals surface area contributed by atoms with Gasteiger partial charge in [-0.25, -0.2) is 4.79 Å². The van der Waals surface area contributed by atoms with Crippen molar-refractivity contribution in [1.82, 2.24) is 30.0 Å². The number of hydrogen-bond donors (Lipinski definition) is 1. The van der Waals surface area contributed by atoms with Crippen molar-refractivity contribution in [1.29, 1.82) is 0 Å². The van der Waals surface area contributed by atoms with Gasteiger partial charge in [0.1, 0.15) is 13.2 Å². The van der Waals surface area contributed by atoms with E-state index in [1.54, 1.807) is 13.2 Å². The number of methoxy groups -OCH3 is 1. The highest BCUT2D eigenvalue weighted by molar-refractivity contribution is 5.97. The standard InChI is InChI=1S/C21H16N6O5/c1-30-11-14-9-17(26-32-14)19-24-23-18-15-4-2-3-5-16(15)20(25-27(18)19)31-10-13-8-12(21(28)29)6-7-22-13/h2-9H,10-11H2,1H3,(H,28,29). The first-order chi connectivity index (χ1) is 15.6. The van der Waals surface area contributed by atoms with Crippen molar-refractivity contribution >= 4 is 22.4 Å². The monoisotopic (exact) mass is 432 g/mol. The molecule has 1 aromatic carbocycles. The maximum atomic E-state index is 11.2. The van der Waals surface area contributed by atoms with Crippen molar-refractivity contribution in [2.75, 3.05) is 7.11 Å². The molecule has 0 amide bonds. The molecule has 0 aliphatic heterocycles. The van der Waals surface area contributed by atoms with Gasteiger partial charge in [-0.2, -0.15) is 4.52 Å². The minimum atomic E-state index is -1.03. The second kappa shape index (κ2) is 8.04. The third kappa shape index (κ3) is 3.50. The Labute approximate surface area is 180 Å². The fraction of sp³-hybridized carbons (Fsp3) is 0.143. The van der Waals surface area contributed by atoms with Gasteiger partial charge in [0.25, 0.3) is 0 Å². The molecular formula is C21H16N6O5. The maximum absolute atomic E-state index is 11.2. The summed E-state index contributed by atoms with van der Waals surface area (Å²) in [6, 6.07) is 12.1. The molecule has 5 rings (SSSR count). The lowest BCUT2D eigenvalue weighted by atomic mass is 10.2. The van der Waals surface area contributed by atoms with Crippen molar-refractivity contribution in [3.8, 4) is 17.4 Å². The van der Waals surface area contributed by atoms with E-state index in [4.69, 9.17) is 14.0 Å². The quantitative estimate of drug-likeness (QED) is 0.408. The van der Waals surface area contributed by atoms with Crippen molar-refractivity contribution in [3.63, 3.8) is 0 Å². The third-order valence-corrected chi connectivity index (χ3v) is 4.72. The second-order valence-electron chi connectivity index (χ2n) is 6.85. The molecule has 0 radical (unpaired) electrons. The van der Waals surface area contributed by atoms with Crippen LogP contribution in [0, 0.1) is 0 Å². The van der Waals surface area contributed by atoms with Gasteiger partial charge in [0.05, 0.1) is 11.3 Å². The number of nitrogens with zero attached hydrogens (tertiary/aromatic N) is 6. The van der Waals surface area contributed by atoms with E-state index in [-0.39, 0.29) is 18.8 Å². The van der Waals surface area contributed by atoms with Gasteiger partial charge in [-0.05, 0) is 18.2 Å². The minimum Gasteiger partial charge on any atom is -0.478 e. The molecule has 5 aromatic rings. The Balaban J connectivity index is 1.56. The first-order valence-corrected chi connectivity index (χ1v) is 9.54. The van der Waals surface area contributed by atoms with Gasteiger partial charge in [0.15, 0.2) is 17.1 Å². The lowest BCUT2D eigenvalue weighted by molar-refractivity contribution is 0.0696. The fourth-order valence-corrected chi connectivity index (χ4v) is 3.28. The van der Waals surface area contributed by atoms with Crippen molar-refractivity contribution in [2.24, 2.45) is 0 Å². The summed E-state index contributed by atoms with van der Waals surface area (Å²) in [7, 11) is 1.56. The molecule has 11 nitrogen and oxygen atoms in total. The number of pyridine rings is 1. The summed E-state index contributed by atoms with van der Waals surface area (Å²) in [6.07, 6.45) is 1.43. The van der Waals surface area contributed by atoms with Gasteiger partial charge >= 0.3 is 5.97 Å². The number of rotatable bonds is 7. The summed E-state index contributed by atoms with van der Waals surface area (Å²) in [5, 5.41) is 27.8. The van der Waals surface area contributed by atoms with Gasteiger partial charge < -0.3 is 19.1 Å². The third-order valence-electron chi connectivity index (χ3n) is 4.72. The van der Waals surface area contributed by atoms with Crippen LogP contribution in [0.15, 0.2) is 53.2 Å². The van der Waals surface area contributed by atoms with Crippen LogP contribution in [0.5, 0.6) is 5.88 Å². The average molecular weight is 432 g/mol. The number of fused-ring (bicyclic) bond motifs is 3. The van der Waals surface area contributed by atoms with Gasteiger partial charge in [-0.15, -0.1) is 15.3 Å². The maximum Gasteiger partial charge on any atom is 0.335 e. The molecular weight excluding hydrogens is 416 g/mol. The summed E-state index contributed by atoms with van der Waals surface area (Å²) in [5.74, 6) is 0.208. The molecule has 0 aliphatic carbocycles. The predicted molar refractivity (Wildman–Crippen MR) is 110 cm³/mol. The van der Waals surface area contributed by atoms with Crippen LogP contribution in [0.3, 0.4) is 0 Å². The number of hydrogen-bond acceptors (Lipinski definition) is 9. The van der Waals surface area contributed by atoms with E-state index < -0.39 is 5.97 Å². The number of aromatic carboxylic acids is 1. The van der Waals surface area contributed by atoms with E-state index in [1.165, 1.54) is 22.8 Å². The summed E-state index contributed by atoms with van der Waals surface area (Å²) in [4.78, 5) is 15.4. The Morgan fingerprint density at radius 3 is 2.78 bits per heavy atom. The predicted octanol–water partition coefficient (Wildman–Crippen LogP) is 2.75. The van der Waals surface area contributed by atoms with Gasteiger partial charge in [-0.1, -0.05) is 23.4 Å². The number of carboxylic acids is 1. The van der Waals surface area contributed by atoms with Crippen LogP contribution in [0.4, 0.5) is 0 Å². The molecule has 32 heavy (non-hydrogen) atoms. The average Bonchev–Trinajstić information content (AvgIpc) is 3.45. The van der Waals surface area contributed by atoms with Crippen LogP contribution < -0.4 is 4.74 Å². The zero-order valence-corrected chi connectivity index (χ0v) is 16.8. The van der Waals surface area contributed by atoms with Crippen LogP contribution in [-0.2, 0) is 18.0 Å². The van der Waals surface area contributed by atoms with Crippen LogP contribution in [0.25, 0.3) is 27.9 Å². The number of carboxylic acid groups (broad SMARTS) is 1. The lowest BCUT2D eigenvalue weighted by Gasteiger charge is -2.09. The van der Waals surface area contributed by atoms with Crippen LogP contribution in [0.1, 0.15) is 21.8 Å². The van der Waals surface area contributed by atoms with Gasteiger partial charge in [0, 0.05) is 30.1 Å². The molecule has 0 bridgehead atoms. The molecule has 1 N–H and O–H groups in total. The van der Waals surface area contributed by atoms with Gasteiger partial charge in [0.2, 0.25) is 11.7 Å². The van der Waals surface area contributed by atoms with E-state index in [9.17, 15) is 9.90 Å². The number of benzene rings is 1. The number of ether oxygens (including phenoxy) is 2. The minimum absolute atomic E-state index is 0.0308. The largest absolute Gasteiger partial charge is 0.478 e. The Morgan fingerprint density at radius 1 is 1.12 bits per heavy atom. The zero-order valence-electron chi connectivity index (χ0n) is 16.8. The smallest absolute Gasteiger partial charge is 0.335 e. The normalized spacial score (nSPS) is 11.3. The second-order valence-corrected chi connectivity index (χ2v) is 6.85. The van der Waals surface area contributed by atoms with E-state index in [0.29, 0.717) is 34.5 Å². The topological polar surface area (TPSA) is 138 Å². The Morgan fingerprint density at radius 2 is 1.97 bits per heavy atom. The molecule has 0 fully saturated rings. The van der Waals surface area contributed by atoms with E-state index in [0.717, 1.165) is 10.8 Å². The Bertz CT molecular complexity index is 1440. The molecule has 160 valence electrons. The first-order valence-electron chi connectivity index (χ1n) is 9.54. The van der Waals surface area contributed by atoms with Crippen molar-refractivity contribution in [2.45, 2.75) is 13.2 Å². The molecule has 0 saturated heterocycles. The molecule has 0 atom stereocenters. The van der Waals surface area contributed by atoms with Crippen molar-refractivity contribution in [3.05, 3.63) is 65.7 Å². The number of carbonyl (C=O) groups is 1. The summed E-state index contributed by atoms with van der Waals surface area (Å²) >= 11 is 0. The zero-order chi connectivity index (χ0) is 22.1. The molecule has 11 heteroatoms. The number of aromatic nitrogens is 6. The summed E-state index contributed by atoms with van der Waals surface area (Å²) in [5.41, 5.74) is 1.57. The molecule has 0 spiro atoms. The highest BCUT2D eigenvalue weighted by atomic mass is 16.5. The molecule has 0 saturated carbocycles. The molecule has 4 aromatic heterocycles. The van der Waals surface area contributed by atoms with Gasteiger partial charge in [-0.3, -0.25) is 4.98 Å². The summed E-state index contributed by atoms with van der Waals surface area (Å²) in [6.45, 7) is 0.305. The van der Waals surface area contributed by atoms with E-state index >= 15 is 0 Å². The Kier molecular flexibility index (Phi) is 4.92. The van der Waals surface area contributed by atoms with Crippen LogP contribution >= 0.6 is 0 Å². The fourth-order valence-electron chi connectivity index (χ4n) is 3.28. The SMILES string of the molecule is COCc1cc(-c2nnc3c4ccccc4c(OCc4cc(C(=O)O)ccn4)nn23)no1. The van der Waals surface area contributed by atoms with Crippen LogP contribution in [0.2, 0.25) is 0 Å².